The first-order chi connectivity index (χ1) is 11.5. The summed E-state index contributed by atoms with van der Waals surface area (Å²) >= 11 is 0. The minimum atomic E-state index is -1.07. The lowest BCUT2D eigenvalue weighted by atomic mass is 9.98. The van der Waals surface area contributed by atoms with Crippen LogP contribution < -0.4 is 5.32 Å². The molecule has 1 N–H and O–H groups in total. The number of aromatic nitrogens is 1. The average Bonchev–Trinajstić information content (AvgIpc) is 2.54. The molecule has 0 saturated heterocycles. The van der Waals surface area contributed by atoms with Gasteiger partial charge in [-0.15, -0.1) is 0 Å². The van der Waals surface area contributed by atoms with Crippen molar-refractivity contribution in [3.05, 3.63) is 35.0 Å². The molecule has 2 aromatic rings. The fourth-order valence-electron chi connectivity index (χ4n) is 2.59. The van der Waals surface area contributed by atoms with E-state index in [-0.39, 0.29) is 54.3 Å². The van der Waals surface area contributed by atoms with Crippen molar-refractivity contribution >= 4 is 28.3 Å². The van der Waals surface area contributed by atoms with Crippen molar-refractivity contribution in [3.63, 3.8) is 0 Å². The third-order valence-corrected chi connectivity index (χ3v) is 3.58. The predicted molar refractivity (Wildman–Crippen MR) is 80.8 cm³/mol. The summed E-state index contributed by atoms with van der Waals surface area (Å²) in [4.78, 5) is 27.8. The molecule has 0 spiro atoms. The molecular formula is C16H14F2N2O4. The second kappa shape index (κ2) is 6.48. The zero-order valence-electron chi connectivity index (χ0n) is 12.8. The Morgan fingerprint density at radius 3 is 2.71 bits per heavy atom. The first-order valence-electron chi connectivity index (χ1n) is 7.33. The molecule has 24 heavy (non-hydrogen) atoms. The first kappa shape index (κ1) is 16.3. The summed E-state index contributed by atoms with van der Waals surface area (Å²) < 4.78 is 37.2. The molecule has 1 aliphatic heterocycles. The van der Waals surface area contributed by atoms with Gasteiger partial charge in [-0.2, -0.15) is 0 Å². The summed E-state index contributed by atoms with van der Waals surface area (Å²) in [6.45, 7) is 1.64. The molecule has 0 bridgehead atoms. The smallest absolute Gasteiger partial charge is 0.325 e. The van der Waals surface area contributed by atoms with Gasteiger partial charge >= 0.3 is 5.97 Å². The number of hydrogen-bond acceptors (Lipinski definition) is 6. The number of fused-ring (bicyclic) bond motifs is 3. The zero-order valence-corrected chi connectivity index (χ0v) is 12.8. The third-order valence-electron chi connectivity index (χ3n) is 3.58. The van der Waals surface area contributed by atoms with Gasteiger partial charge in [0.2, 0.25) is 0 Å². The standard InChI is InChI=1S/C16H14F2N2O4/c1-2-24-14(22)5-19-16-9-4-11(18)10(17)3-8(9)15-12(20-16)6-23-7-13(15)21/h3-4H,2,5-7H2,1H3,(H,19,20). The van der Waals surface area contributed by atoms with Crippen LogP contribution in [-0.2, 0) is 20.9 Å². The Hall–Kier alpha value is -2.61. The van der Waals surface area contributed by atoms with Crippen molar-refractivity contribution in [2.75, 3.05) is 25.1 Å². The minimum Gasteiger partial charge on any atom is -0.465 e. The van der Waals surface area contributed by atoms with Crippen molar-refractivity contribution in [2.24, 2.45) is 0 Å². The molecule has 0 radical (unpaired) electrons. The van der Waals surface area contributed by atoms with Crippen molar-refractivity contribution in [1.29, 1.82) is 0 Å². The summed E-state index contributed by atoms with van der Waals surface area (Å²) in [5.74, 6) is -2.83. The highest BCUT2D eigenvalue weighted by Crippen LogP contribution is 2.31. The van der Waals surface area contributed by atoms with Crippen LogP contribution in [0.4, 0.5) is 14.6 Å². The van der Waals surface area contributed by atoms with Gasteiger partial charge in [-0.3, -0.25) is 9.59 Å². The van der Waals surface area contributed by atoms with Crippen LogP contribution in [0.25, 0.3) is 10.8 Å². The van der Waals surface area contributed by atoms with Crippen LogP contribution in [0.3, 0.4) is 0 Å². The maximum Gasteiger partial charge on any atom is 0.325 e. The lowest BCUT2D eigenvalue weighted by Crippen LogP contribution is -2.22. The van der Waals surface area contributed by atoms with Gasteiger partial charge in [-0.05, 0) is 19.1 Å². The van der Waals surface area contributed by atoms with Crippen LogP contribution in [-0.4, -0.2) is 36.5 Å². The van der Waals surface area contributed by atoms with Crippen LogP contribution in [0, 0.1) is 11.6 Å². The predicted octanol–water partition coefficient (Wildman–Crippen LogP) is 2.20. The number of anilines is 1. The molecule has 0 aliphatic carbocycles. The van der Waals surface area contributed by atoms with E-state index >= 15 is 0 Å². The van der Waals surface area contributed by atoms with Crippen LogP contribution in [0.2, 0.25) is 0 Å². The summed E-state index contributed by atoms with van der Waals surface area (Å²) in [6.07, 6.45) is 0. The topological polar surface area (TPSA) is 77.5 Å². The molecule has 1 aromatic heterocycles. The van der Waals surface area contributed by atoms with Gasteiger partial charge in [0.05, 0.1) is 24.5 Å². The lowest BCUT2D eigenvalue weighted by molar-refractivity contribution is -0.140. The van der Waals surface area contributed by atoms with Crippen molar-refractivity contribution in [3.8, 4) is 0 Å². The number of Topliss-reactive ketones (excluding diaryl/α,β-unsaturated/α-hetero) is 1. The Balaban J connectivity index is 2.12. The second-order valence-corrected chi connectivity index (χ2v) is 5.17. The highest BCUT2D eigenvalue weighted by molar-refractivity contribution is 6.12. The molecule has 6 nitrogen and oxygen atoms in total. The molecule has 1 aliphatic rings. The molecule has 0 saturated carbocycles. The number of ketones is 1. The quantitative estimate of drug-likeness (QED) is 0.863. The van der Waals surface area contributed by atoms with E-state index in [1.165, 1.54) is 0 Å². The summed E-state index contributed by atoms with van der Waals surface area (Å²) in [5, 5.41) is 3.19. The number of rotatable bonds is 4. The van der Waals surface area contributed by atoms with Gasteiger partial charge in [0.1, 0.15) is 19.0 Å². The molecule has 0 amide bonds. The normalized spacial score (nSPS) is 13.7. The Morgan fingerprint density at radius 2 is 2.00 bits per heavy atom. The molecule has 0 fully saturated rings. The van der Waals surface area contributed by atoms with E-state index in [4.69, 9.17) is 9.47 Å². The molecule has 2 heterocycles. The largest absolute Gasteiger partial charge is 0.465 e. The van der Waals surface area contributed by atoms with Gasteiger partial charge in [0.25, 0.3) is 0 Å². The van der Waals surface area contributed by atoms with Crippen LogP contribution in [0.1, 0.15) is 23.0 Å². The molecule has 0 atom stereocenters. The fraction of sp³-hybridized carbons (Fsp3) is 0.312. The Labute approximate surface area is 135 Å². The van der Waals surface area contributed by atoms with Gasteiger partial charge in [-0.1, -0.05) is 0 Å². The van der Waals surface area contributed by atoms with E-state index < -0.39 is 17.6 Å². The fourth-order valence-corrected chi connectivity index (χ4v) is 2.59. The molecule has 8 heteroatoms. The van der Waals surface area contributed by atoms with Crippen LogP contribution >= 0.6 is 0 Å². The van der Waals surface area contributed by atoms with E-state index in [0.717, 1.165) is 12.1 Å². The lowest BCUT2D eigenvalue weighted by Gasteiger charge is -2.19. The van der Waals surface area contributed by atoms with Crippen molar-refractivity contribution in [1.82, 2.24) is 4.98 Å². The van der Waals surface area contributed by atoms with Gasteiger partial charge in [0.15, 0.2) is 17.4 Å². The second-order valence-electron chi connectivity index (χ2n) is 5.17. The monoisotopic (exact) mass is 336 g/mol. The molecular weight excluding hydrogens is 322 g/mol. The van der Waals surface area contributed by atoms with Gasteiger partial charge in [0, 0.05) is 10.8 Å². The number of pyridine rings is 1. The first-order valence-corrected chi connectivity index (χ1v) is 7.33. The number of carbonyl (C=O) groups excluding carboxylic acids is 2. The highest BCUT2D eigenvalue weighted by atomic mass is 19.2. The SMILES string of the molecule is CCOC(=O)CNc1nc2c(c3cc(F)c(F)cc13)C(=O)COC2. The van der Waals surface area contributed by atoms with Crippen molar-refractivity contribution < 1.29 is 27.8 Å². The summed E-state index contributed by atoms with van der Waals surface area (Å²) in [5.41, 5.74) is 0.535. The third kappa shape index (κ3) is 2.92. The number of hydrogen-bond donors (Lipinski definition) is 1. The number of halogens is 2. The van der Waals surface area contributed by atoms with E-state index in [1.54, 1.807) is 6.92 Å². The summed E-state index contributed by atoms with van der Waals surface area (Å²) in [6, 6.07) is 1.91. The number of nitrogens with zero attached hydrogens (tertiary/aromatic N) is 1. The Kier molecular flexibility index (Phi) is 4.39. The van der Waals surface area contributed by atoms with E-state index in [0.29, 0.717) is 5.69 Å². The van der Waals surface area contributed by atoms with Crippen LogP contribution in [0.15, 0.2) is 12.1 Å². The number of nitrogens with one attached hydrogen (secondary N) is 1. The molecule has 126 valence electrons. The van der Waals surface area contributed by atoms with Gasteiger partial charge in [-0.25, -0.2) is 13.8 Å². The Bertz CT molecular complexity index is 839. The maximum absolute atomic E-state index is 13.7. The number of ether oxygens (including phenoxy) is 2. The number of esters is 1. The van der Waals surface area contributed by atoms with E-state index in [1.807, 2.05) is 0 Å². The molecule has 3 rings (SSSR count). The molecule has 1 aromatic carbocycles. The summed E-state index contributed by atoms with van der Waals surface area (Å²) in [7, 11) is 0. The maximum atomic E-state index is 13.7. The zero-order chi connectivity index (χ0) is 17.3. The van der Waals surface area contributed by atoms with Gasteiger partial charge < -0.3 is 14.8 Å². The number of benzene rings is 1. The average molecular weight is 336 g/mol. The van der Waals surface area contributed by atoms with Crippen LogP contribution in [0.5, 0.6) is 0 Å². The minimum absolute atomic E-state index is 0.0735. The number of carbonyl (C=O) groups is 2. The Morgan fingerprint density at radius 1 is 1.29 bits per heavy atom. The van der Waals surface area contributed by atoms with Crippen molar-refractivity contribution in [2.45, 2.75) is 13.5 Å². The van der Waals surface area contributed by atoms with E-state index in [9.17, 15) is 18.4 Å². The molecule has 0 unspecified atom stereocenters. The van der Waals surface area contributed by atoms with E-state index in [2.05, 4.69) is 10.3 Å². The highest BCUT2D eigenvalue weighted by Gasteiger charge is 2.25.